The van der Waals surface area contributed by atoms with E-state index in [1.165, 1.54) is 0 Å². The molecule has 2 rings (SSSR count). The topological polar surface area (TPSA) is 60.9 Å². The minimum Gasteiger partial charge on any atom is -0.480 e. The number of likely N-dealkylation sites (tertiary alicyclic amines) is 1. The second-order valence-corrected chi connectivity index (χ2v) is 7.23. The Morgan fingerprint density at radius 3 is 2.65 bits per heavy atom. The highest BCUT2D eigenvalue weighted by Gasteiger charge is 2.27. The second kappa shape index (κ2) is 8.66. The average molecular weight is 359 g/mol. The summed E-state index contributed by atoms with van der Waals surface area (Å²) in [6.45, 7) is 4.21. The summed E-state index contributed by atoms with van der Waals surface area (Å²) in [4.78, 5) is 28.2. The van der Waals surface area contributed by atoms with E-state index >= 15 is 0 Å². The van der Waals surface area contributed by atoms with Crippen molar-refractivity contribution in [3.05, 3.63) is 21.3 Å². The van der Waals surface area contributed by atoms with Gasteiger partial charge >= 0.3 is 5.97 Å². The maximum absolute atomic E-state index is 12.3. The molecule has 0 aliphatic carbocycles. The summed E-state index contributed by atoms with van der Waals surface area (Å²) in [6, 6.07) is 2.17. The number of rotatable bonds is 7. The van der Waals surface area contributed by atoms with Crippen LogP contribution in [0.15, 0.2) is 11.4 Å². The first-order valence-corrected chi connectivity index (χ1v) is 9.22. The van der Waals surface area contributed by atoms with Crippen molar-refractivity contribution in [2.45, 2.75) is 38.6 Å². The molecule has 1 amide bonds. The molecule has 1 saturated heterocycles. The van der Waals surface area contributed by atoms with Gasteiger partial charge in [0, 0.05) is 35.8 Å². The average Bonchev–Trinajstić information content (AvgIpc) is 2.96. The molecule has 0 bridgehead atoms. The predicted molar refractivity (Wildman–Crippen MR) is 92.1 cm³/mol. The molecule has 7 heteroatoms. The first-order valence-electron chi connectivity index (χ1n) is 7.96. The molecule has 1 aliphatic heterocycles. The highest BCUT2D eigenvalue weighted by molar-refractivity contribution is 7.10. The Labute approximate surface area is 145 Å². The number of amides is 1. The minimum atomic E-state index is -0.792. The number of aryl methyl sites for hydroxylation is 1. The van der Waals surface area contributed by atoms with E-state index in [0.29, 0.717) is 19.5 Å². The molecular formula is C16H23ClN2O3S. The molecule has 0 radical (unpaired) electrons. The van der Waals surface area contributed by atoms with E-state index in [1.807, 2.05) is 28.2 Å². The van der Waals surface area contributed by atoms with Gasteiger partial charge in [0.25, 0.3) is 0 Å². The number of likely N-dealkylation sites (N-methyl/N-ethyl adjacent to an activating group) is 1. The van der Waals surface area contributed by atoms with Crippen LogP contribution >= 0.6 is 22.9 Å². The number of piperidine rings is 1. The maximum Gasteiger partial charge on any atom is 0.317 e. The Hall–Kier alpha value is -1.11. The normalized spacial score (nSPS) is 16.0. The number of aliphatic carboxylic acids is 1. The first-order chi connectivity index (χ1) is 11.0. The van der Waals surface area contributed by atoms with Crippen molar-refractivity contribution in [3.8, 4) is 0 Å². The largest absolute Gasteiger partial charge is 0.480 e. The molecule has 5 nitrogen and oxygen atoms in total. The van der Waals surface area contributed by atoms with Crippen molar-refractivity contribution < 1.29 is 14.7 Å². The number of hydrogen-bond donors (Lipinski definition) is 1. The van der Waals surface area contributed by atoms with Crippen molar-refractivity contribution in [1.82, 2.24) is 9.80 Å². The van der Waals surface area contributed by atoms with Crippen molar-refractivity contribution in [2.75, 3.05) is 26.2 Å². The van der Waals surface area contributed by atoms with E-state index in [9.17, 15) is 9.59 Å². The first kappa shape index (κ1) is 18.2. The fourth-order valence-electron chi connectivity index (χ4n) is 3.03. The summed E-state index contributed by atoms with van der Waals surface area (Å²) in [5.74, 6) is -0.616. The smallest absolute Gasteiger partial charge is 0.317 e. The number of carboxylic acid groups (broad SMARTS) is 1. The molecule has 1 N–H and O–H groups in total. The molecule has 0 spiro atoms. The van der Waals surface area contributed by atoms with Crippen LogP contribution in [0.25, 0.3) is 0 Å². The number of carboxylic acids is 1. The minimum absolute atomic E-state index is 0.0776. The van der Waals surface area contributed by atoms with Crippen molar-refractivity contribution in [1.29, 1.82) is 0 Å². The zero-order valence-electron chi connectivity index (χ0n) is 13.3. The Morgan fingerprint density at radius 1 is 1.43 bits per heavy atom. The summed E-state index contributed by atoms with van der Waals surface area (Å²) >= 11 is 7.47. The molecule has 1 aromatic rings. The van der Waals surface area contributed by atoms with Gasteiger partial charge in [-0.15, -0.1) is 11.3 Å². The van der Waals surface area contributed by atoms with E-state index in [2.05, 4.69) is 0 Å². The van der Waals surface area contributed by atoms with Gasteiger partial charge in [-0.25, -0.2) is 0 Å². The molecule has 2 heterocycles. The molecule has 128 valence electrons. The van der Waals surface area contributed by atoms with Gasteiger partial charge in [0.2, 0.25) is 5.91 Å². The third-order valence-electron chi connectivity index (χ3n) is 4.29. The van der Waals surface area contributed by atoms with Crippen LogP contribution in [-0.4, -0.2) is 59.0 Å². The lowest BCUT2D eigenvalue weighted by atomic mass is 10.0. The van der Waals surface area contributed by atoms with Crippen molar-refractivity contribution >= 4 is 34.8 Å². The molecule has 1 aliphatic rings. The number of hydrogen-bond acceptors (Lipinski definition) is 4. The maximum atomic E-state index is 12.3. The zero-order valence-corrected chi connectivity index (χ0v) is 14.9. The summed E-state index contributed by atoms with van der Waals surface area (Å²) < 4.78 is 0. The Kier molecular flexibility index (Phi) is 6.87. The molecule has 23 heavy (non-hydrogen) atoms. The summed E-state index contributed by atoms with van der Waals surface area (Å²) in [5.41, 5.74) is 0. The van der Waals surface area contributed by atoms with Crippen LogP contribution in [0, 0.1) is 0 Å². The number of nitrogens with zero attached hydrogens (tertiary/aromatic N) is 2. The molecule has 0 saturated carbocycles. The van der Waals surface area contributed by atoms with Crippen molar-refractivity contribution in [3.63, 3.8) is 0 Å². The number of halogens is 1. The lowest BCUT2D eigenvalue weighted by molar-refractivity contribution is -0.140. The fraction of sp³-hybridized carbons (Fsp3) is 0.625. The van der Waals surface area contributed by atoms with Crippen LogP contribution < -0.4 is 0 Å². The number of thiophene rings is 1. The molecule has 0 unspecified atom stereocenters. The molecule has 0 aromatic carbocycles. The van der Waals surface area contributed by atoms with E-state index in [-0.39, 0.29) is 18.5 Å². The number of carbonyl (C=O) groups excluding carboxylic acids is 1. The van der Waals surface area contributed by atoms with Gasteiger partial charge in [-0.1, -0.05) is 18.5 Å². The predicted octanol–water partition coefficient (Wildman–Crippen LogP) is 2.73. The molecule has 1 aromatic heterocycles. The fourth-order valence-corrected chi connectivity index (χ4v) is 4.10. The van der Waals surface area contributed by atoms with Gasteiger partial charge in [0.1, 0.15) is 0 Å². The third kappa shape index (κ3) is 5.48. The number of carbonyl (C=O) groups is 2. The quantitative estimate of drug-likeness (QED) is 0.814. The van der Waals surface area contributed by atoms with Crippen LogP contribution in [-0.2, 0) is 16.0 Å². The van der Waals surface area contributed by atoms with Gasteiger partial charge in [-0.2, -0.15) is 0 Å². The van der Waals surface area contributed by atoms with Crippen LogP contribution in [0.4, 0.5) is 0 Å². The van der Waals surface area contributed by atoms with Crippen molar-refractivity contribution in [2.24, 2.45) is 0 Å². The summed E-state index contributed by atoms with van der Waals surface area (Å²) in [7, 11) is 0. The van der Waals surface area contributed by atoms with Crippen LogP contribution in [0.3, 0.4) is 0 Å². The van der Waals surface area contributed by atoms with Crippen LogP contribution in [0.5, 0.6) is 0 Å². The van der Waals surface area contributed by atoms with E-state index in [1.54, 1.807) is 11.3 Å². The Balaban J connectivity index is 1.76. The lowest BCUT2D eigenvalue weighted by Crippen LogP contribution is -2.48. The van der Waals surface area contributed by atoms with E-state index in [4.69, 9.17) is 16.7 Å². The van der Waals surface area contributed by atoms with Gasteiger partial charge in [0.15, 0.2) is 0 Å². The zero-order chi connectivity index (χ0) is 16.8. The SMILES string of the molecule is CCN(CC(=O)O)C1CCN(C(=O)CCc2cc(Cl)cs2)CC1. The standard InChI is InChI=1S/C16H23ClN2O3S/c1-2-18(10-16(21)22)13-5-7-19(8-6-13)15(20)4-3-14-9-12(17)11-23-14/h9,11,13H,2-8,10H2,1H3,(H,21,22). The lowest BCUT2D eigenvalue weighted by Gasteiger charge is -2.37. The van der Waals surface area contributed by atoms with Crippen LogP contribution in [0.1, 0.15) is 31.1 Å². The molecular weight excluding hydrogens is 336 g/mol. The highest BCUT2D eigenvalue weighted by Crippen LogP contribution is 2.22. The highest BCUT2D eigenvalue weighted by atomic mass is 35.5. The van der Waals surface area contributed by atoms with Crippen LogP contribution in [0.2, 0.25) is 5.02 Å². The van der Waals surface area contributed by atoms with Gasteiger partial charge in [-0.3, -0.25) is 14.5 Å². The monoisotopic (exact) mass is 358 g/mol. The summed E-state index contributed by atoms with van der Waals surface area (Å²) in [6.07, 6.45) is 2.93. The van der Waals surface area contributed by atoms with E-state index in [0.717, 1.165) is 35.7 Å². The van der Waals surface area contributed by atoms with Gasteiger partial charge in [0.05, 0.1) is 11.6 Å². The molecule has 0 atom stereocenters. The molecule has 1 fully saturated rings. The third-order valence-corrected chi connectivity index (χ3v) is 5.63. The second-order valence-electron chi connectivity index (χ2n) is 5.80. The van der Waals surface area contributed by atoms with E-state index < -0.39 is 5.97 Å². The Bertz CT molecular complexity index is 541. The van der Waals surface area contributed by atoms with Gasteiger partial charge < -0.3 is 10.0 Å². The summed E-state index contributed by atoms with van der Waals surface area (Å²) in [5, 5.41) is 11.6. The van der Waals surface area contributed by atoms with Gasteiger partial charge in [-0.05, 0) is 31.9 Å². The Morgan fingerprint density at radius 2 is 2.13 bits per heavy atom.